The van der Waals surface area contributed by atoms with Gasteiger partial charge >= 0.3 is 0 Å². The average molecular weight is 264 g/mol. The van der Waals surface area contributed by atoms with Crippen LogP contribution in [0.5, 0.6) is 0 Å². The SMILES string of the molecule is C[C@@H](CN1CCCC1)c1nc(C2CC2)nn1CCO. The van der Waals surface area contributed by atoms with Gasteiger partial charge < -0.3 is 10.0 Å². The van der Waals surface area contributed by atoms with E-state index in [-0.39, 0.29) is 6.61 Å². The fourth-order valence-electron chi connectivity index (χ4n) is 2.94. The molecule has 106 valence electrons. The van der Waals surface area contributed by atoms with Crippen LogP contribution in [0.25, 0.3) is 0 Å². The van der Waals surface area contributed by atoms with E-state index in [2.05, 4.69) is 16.9 Å². The lowest BCUT2D eigenvalue weighted by atomic mass is 10.1. The van der Waals surface area contributed by atoms with Gasteiger partial charge in [0.25, 0.3) is 0 Å². The first-order valence-corrected chi connectivity index (χ1v) is 7.56. The summed E-state index contributed by atoms with van der Waals surface area (Å²) in [7, 11) is 0. The van der Waals surface area contributed by atoms with Crippen molar-refractivity contribution in [3.63, 3.8) is 0 Å². The number of rotatable bonds is 6. The van der Waals surface area contributed by atoms with Gasteiger partial charge in [-0.1, -0.05) is 6.92 Å². The van der Waals surface area contributed by atoms with Crippen molar-refractivity contribution < 1.29 is 5.11 Å². The van der Waals surface area contributed by atoms with Crippen molar-refractivity contribution in [2.75, 3.05) is 26.2 Å². The van der Waals surface area contributed by atoms with E-state index in [1.807, 2.05) is 4.68 Å². The molecular weight excluding hydrogens is 240 g/mol. The van der Waals surface area contributed by atoms with Gasteiger partial charge in [0.1, 0.15) is 5.82 Å². The number of likely N-dealkylation sites (tertiary alicyclic amines) is 1. The van der Waals surface area contributed by atoms with Gasteiger partial charge in [-0.15, -0.1) is 0 Å². The molecule has 1 saturated carbocycles. The molecule has 0 spiro atoms. The fraction of sp³-hybridized carbons (Fsp3) is 0.857. The van der Waals surface area contributed by atoms with Crippen LogP contribution in [0.2, 0.25) is 0 Å². The topological polar surface area (TPSA) is 54.2 Å². The van der Waals surface area contributed by atoms with Crippen LogP contribution in [-0.2, 0) is 6.54 Å². The Balaban J connectivity index is 1.72. The highest BCUT2D eigenvalue weighted by molar-refractivity contribution is 5.09. The first-order chi connectivity index (χ1) is 9.28. The molecule has 0 unspecified atom stereocenters. The molecule has 1 saturated heterocycles. The van der Waals surface area contributed by atoms with Gasteiger partial charge in [-0.05, 0) is 38.8 Å². The third-order valence-electron chi connectivity index (χ3n) is 4.14. The Labute approximate surface area is 114 Å². The van der Waals surface area contributed by atoms with Crippen molar-refractivity contribution in [1.82, 2.24) is 19.7 Å². The van der Waals surface area contributed by atoms with Crippen molar-refractivity contribution in [3.8, 4) is 0 Å². The van der Waals surface area contributed by atoms with Crippen LogP contribution in [0, 0.1) is 0 Å². The Kier molecular flexibility index (Phi) is 3.84. The van der Waals surface area contributed by atoms with Crippen LogP contribution in [-0.4, -0.2) is 51.0 Å². The summed E-state index contributed by atoms with van der Waals surface area (Å²) < 4.78 is 1.92. The molecule has 0 amide bonds. The number of hydrogen-bond acceptors (Lipinski definition) is 4. The molecule has 5 nitrogen and oxygen atoms in total. The molecule has 0 aromatic carbocycles. The summed E-state index contributed by atoms with van der Waals surface area (Å²) in [6.45, 7) is 6.43. The predicted molar refractivity (Wildman–Crippen MR) is 73.2 cm³/mol. The molecule has 2 aliphatic rings. The minimum atomic E-state index is 0.136. The fourth-order valence-corrected chi connectivity index (χ4v) is 2.94. The largest absolute Gasteiger partial charge is 0.394 e. The summed E-state index contributed by atoms with van der Waals surface area (Å²) in [4.78, 5) is 7.26. The zero-order valence-electron chi connectivity index (χ0n) is 11.8. The molecule has 0 radical (unpaired) electrons. The maximum atomic E-state index is 9.17. The summed E-state index contributed by atoms with van der Waals surface area (Å²) in [6.07, 6.45) is 5.10. The van der Waals surface area contributed by atoms with E-state index in [1.54, 1.807) is 0 Å². The average Bonchev–Trinajstić information content (AvgIpc) is 2.96. The molecule has 5 heteroatoms. The second kappa shape index (κ2) is 5.59. The Hall–Kier alpha value is -0.940. The van der Waals surface area contributed by atoms with Gasteiger partial charge in [-0.25, -0.2) is 9.67 Å². The number of hydrogen-bond donors (Lipinski definition) is 1. The molecule has 2 heterocycles. The Morgan fingerprint density at radius 3 is 2.68 bits per heavy atom. The van der Waals surface area contributed by atoms with Crippen LogP contribution in [0.4, 0.5) is 0 Å². The van der Waals surface area contributed by atoms with Gasteiger partial charge in [0.15, 0.2) is 5.82 Å². The molecule has 19 heavy (non-hydrogen) atoms. The lowest BCUT2D eigenvalue weighted by Crippen LogP contribution is -2.26. The lowest BCUT2D eigenvalue weighted by Gasteiger charge is -2.19. The second-order valence-corrected chi connectivity index (χ2v) is 5.96. The quantitative estimate of drug-likeness (QED) is 0.842. The summed E-state index contributed by atoms with van der Waals surface area (Å²) in [6, 6.07) is 0. The minimum Gasteiger partial charge on any atom is -0.394 e. The first-order valence-electron chi connectivity index (χ1n) is 7.56. The lowest BCUT2D eigenvalue weighted by molar-refractivity contribution is 0.261. The standard InChI is InChI=1S/C14H24N4O/c1-11(10-17-6-2-3-7-17)14-15-13(12-4-5-12)16-18(14)8-9-19/h11-12,19H,2-10H2,1H3/t11-/m0/s1. The Morgan fingerprint density at radius 2 is 2.05 bits per heavy atom. The van der Waals surface area contributed by atoms with Gasteiger partial charge in [-0.2, -0.15) is 5.10 Å². The zero-order valence-corrected chi connectivity index (χ0v) is 11.8. The van der Waals surface area contributed by atoms with Crippen LogP contribution >= 0.6 is 0 Å². The van der Waals surface area contributed by atoms with E-state index in [4.69, 9.17) is 4.98 Å². The Bertz CT molecular complexity index is 421. The van der Waals surface area contributed by atoms with E-state index in [0.717, 1.165) is 18.2 Å². The molecule has 1 atom stereocenters. The summed E-state index contributed by atoms with van der Waals surface area (Å²) in [5.41, 5.74) is 0. The van der Waals surface area contributed by atoms with Crippen molar-refractivity contribution in [2.24, 2.45) is 0 Å². The van der Waals surface area contributed by atoms with Crippen molar-refractivity contribution in [1.29, 1.82) is 0 Å². The molecule has 1 N–H and O–H groups in total. The molecule has 1 aliphatic carbocycles. The molecule has 1 aromatic rings. The molecule has 2 fully saturated rings. The van der Waals surface area contributed by atoms with Crippen LogP contribution in [0.15, 0.2) is 0 Å². The number of aliphatic hydroxyl groups is 1. The third kappa shape index (κ3) is 2.98. The molecule has 3 rings (SSSR count). The van der Waals surface area contributed by atoms with Crippen LogP contribution in [0.1, 0.15) is 56.1 Å². The monoisotopic (exact) mass is 264 g/mol. The summed E-state index contributed by atoms with van der Waals surface area (Å²) >= 11 is 0. The van der Waals surface area contributed by atoms with E-state index in [1.165, 1.54) is 38.8 Å². The van der Waals surface area contributed by atoms with Crippen LogP contribution < -0.4 is 0 Å². The highest BCUT2D eigenvalue weighted by Crippen LogP contribution is 2.38. The first kappa shape index (κ1) is 13.1. The van der Waals surface area contributed by atoms with E-state index in [0.29, 0.717) is 18.4 Å². The number of aliphatic hydroxyl groups excluding tert-OH is 1. The highest BCUT2D eigenvalue weighted by atomic mass is 16.3. The van der Waals surface area contributed by atoms with Gasteiger partial charge in [0, 0.05) is 18.4 Å². The van der Waals surface area contributed by atoms with Crippen molar-refractivity contribution >= 4 is 0 Å². The van der Waals surface area contributed by atoms with Gasteiger partial charge in [0.05, 0.1) is 13.2 Å². The number of nitrogens with zero attached hydrogens (tertiary/aromatic N) is 4. The maximum Gasteiger partial charge on any atom is 0.154 e. The third-order valence-corrected chi connectivity index (χ3v) is 4.14. The zero-order chi connectivity index (χ0) is 13.2. The molecule has 1 aromatic heterocycles. The predicted octanol–water partition coefficient (Wildman–Crippen LogP) is 1.35. The summed E-state index contributed by atoms with van der Waals surface area (Å²) in [5, 5.41) is 13.8. The normalized spacial score (nSPS) is 22.0. The Morgan fingerprint density at radius 1 is 1.32 bits per heavy atom. The van der Waals surface area contributed by atoms with Crippen LogP contribution in [0.3, 0.4) is 0 Å². The van der Waals surface area contributed by atoms with E-state index in [9.17, 15) is 5.11 Å². The maximum absolute atomic E-state index is 9.17. The second-order valence-electron chi connectivity index (χ2n) is 5.96. The highest BCUT2D eigenvalue weighted by Gasteiger charge is 2.30. The van der Waals surface area contributed by atoms with E-state index < -0.39 is 0 Å². The summed E-state index contributed by atoms with van der Waals surface area (Å²) in [5.74, 6) is 3.03. The molecule has 1 aliphatic heterocycles. The number of aromatic nitrogens is 3. The van der Waals surface area contributed by atoms with Crippen molar-refractivity contribution in [2.45, 2.75) is 51.0 Å². The van der Waals surface area contributed by atoms with Gasteiger partial charge in [-0.3, -0.25) is 0 Å². The van der Waals surface area contributed by atoms with E-state index >= 15 is 0 Å². The van der Waals surface area contributed by atoms with Crippen molar-refractivity contribution in [3.05, 3.63) is 11.6 Å². The van der Waals surface area contributed by atoms with Gasteiger partial charge in [0.2, 0.25) is 0 Å². The molecule has 0 bridgehead atoms. The molecular formula is C14H24N4O. The smallest absolute Gasteiger partial charge is 0.154 e. The minimum absolute atomic E-state index is 0.136.